The number of ether oxygens (including phenoxy) is 3. The number of methoxy groups -OCH3 is 3. The lowest BCUT2D eigenvalue weighted by Gasteiger charge is -2.20. The van der Waals surface area contributed by atoms with E-state index < -0.39 is 0 Å². The molecule has 4 rings (SSSR count). The van der Waals surface area contributed by atoms with Crippen LogP contribution in [0.3, 0.4) is 0 Å². The standard InChI is InChI=1S/C23H24N6O4/c1-29(13-14-7-5-8-15(11-14)26-22-24-9-6-10-25-22)23-27-16-12-17(31-2)19(32-3)20(33-4)18(16)21(30)28-23/h5-12H,13H2,1-4H3,(H,24,25,26)(H,27,28,30). The Kier molecular flexibility index (Phi) is 6.25. The maximum Gasteiger partial charge on any atom is 0.264 e. The molecule has 0 radical (unpaired) electrons. The minimum Gasteiger partial charge on any atom is -0.493 e. The molecule has 0 aliphatic heterocycles. The summed E-state index contributed by atoms with van der Waals surface area (Å²) in [5.74, 6) is 1.97. The summed E-state index contributed by atoms with van der Waals surface area (Å²) in [5.41, 5.74) is 1.96. The van der Waals surface area contributed by atoms with E-state index in [1.165, 1.54) is 21.3 Å². The maximum atomic E-state index is 12.9. The van der Waals surface area contributed by atoms with Gasteiger partial charge in [0.05, 0.1) is 26.8 Å². The predicted molar refractivity (Wildman–Crippen MR) is 126 cm³/mol. The van der Waals surface area contributed by atoms with Crippen LogP contribution in [0.5, 0.6) is 17.2 Å². The van der Waals surface area contributed by atoms with Gasteiger partial charge in [-0.05, 0) is 23.8 Å². The van der Waals surface area contributed by atoms with Crippen LogP contribution in [0, 0.1) is 0 Å². The fraction of sp³-hybridized carbons (Fsp3) is 0.217. The second-order valence-electron chi connectivity index (χ2n) is 7.18. The molecule has 0 bridgehead atoms. The van der Waals surface area contributed by atoms with Crippen molar-refractivity contribution in [2.24, 2.45) is 0 Å². The number of nitrogens with one attached hydrogen (secondary N) is 2. The molecule has 0 saturated heterocycles. The van der Waals surface area contributed by atoms with Crippen LogP contribution in [0.2, 0.25) is 0 Å². The van der Waals surface area contributed by atoms with Crippen LogP contribution < -0.4 is 30.0 Å². The van der Waals surface area contributed by atoms with E-state index in [2.05, 4.69) is 25.3 Å². The summed E-state index contributed by atoms with van der Waals surface area (Å²) in [6.07, 6.45) is 3.35. The van der Waals surface area contributed by atoms with Crippen molar-refractivity contribution in [1.29, 1.82) is 0 Å². The molecule has 0 amide bonds. The molecule has 10 nitrogen and oxygen atoms in total. The Morgan fingerprint density at radius 3 is 2.45 bits per heavy atom. The van der Waals surface area contributed by atoms with E-state index in [-0.39, 0.29) is 11.3 Å². The van der Waals surface area contributed by atoms with E-state index in [1.807, 2.05) is 36.2 Å². The number of fused-ring (bicyclic) bond motifs is 1. The molecule has 0 unspecified atom stereocenters. The van der Waals surface area contributed by atoms with E-state index in [9.17, 15) is 4.79 Å². The van der Waals surface area contributed by atoms with Crippen molar-refractivity contribution < 1.29 is 14.2 Å². The number of aromatic amines is 1. The third-order valence-corrected chi connectivity index (χ3v) is 5.02. The van der Waals surface area contributed by atoms with Crippen LogP contribution >= 0.6 is 0 Å². The monoisotopic (exact) mass is 448 g/mol. The summed E-state index contributed by atoms with van der Waals surface area (Å²) in [6.45, 7) is 0.504. The summed E-state index contributed by atoms with van der Waals surface area (Å²) < 4.78 is 16.2. The van der Waals surface area contributed by atoms with Crippen molar-refractivity contribution in [3.8, 4) is 17.2 Å². The Labute approximate surface area is 190 Å². The van der Waals surface area contributed by atoms with Gasteiger partial charge >= 0.3 is 0 Å². The Hall–Kier alpha value is -4.34. The number of nitrogens with zero attached hydrogens (tertiary/aromatic N) is 4. The van der Waals surface area contributed by atoms with Crippen molar-refractivity contribution in [2.45, 2.75) is 6.54 Å². The first-order chi connectivity index (χ1) is 16.0. The third-order valence-electron chi connectivity index (χ3n) is 5.02. The largest absolute Gasteiger partial charge is 0.493 e. The second-order valence-corrected chi connectivity index (χ2v) is 7.18. The molecule has 10 heteroatoms. The third kappa shape index (κ3) is 4.49. The molecular formula is C23H24N6O4. The molecule has 0 aliphatic rings. The molecule has 0 atom stereocenters. The lowest BCUT2D eigenvalue weighted by atomic mass is 10.2. The number of hydrogen-bond donors (Lipinski definition) is 2. The van der Waals surface area contributed by atoms with Crippen LogP contribution in [0.1, 0.15) is 5.56 Å². The van der Waals surface area contributed by atoms with E-state index in [0.29, 0.717) is 40.8 Å². The van der Waals surface area contributed by atoms with Gasteiger partial charge in [0.15, 0.2) is 11.5 Å². The summed E-state index contributed by atoms with van der Waals surface area (Å²) in [4.78, 5) is 30.6. The summed E-state index contributed by atoms with van der Waals surface area (Å²) >= 11 is 0. The van der Waals surface area contributed by atoms with Crippen molar-refractivity contribution in [3.63, 3.8) is 0 Å². The number of hydrogen-bond acceptors (Lipinski definition) is 9. The fourth-order valence-corrected chi connectivity index (χ4v) is 3.53. The molecule has 4 aromatic rings. The highest BCUT2D eigenvalue weighted by atomic mass is 16.5. The molecule has 0 spiro atoms. The second kappa shape index (κ2) is 9.43. The summed E-state index contributed by atoms with van der Waals surface area (Å²) in [5, 5.41) is 3.47. The molecule has 2 heterocycles. The smallest absolute Gasteiger partial charge is 0.264 e. The van der Waals surface area contributed by atoms with E-state index in [1.54, 1.807) is 24.5 Å². The van der Waals surface area contributed by atoms with Crippen LogP contribution in [0.4, 0.5) is 17.6 Å². The van der Waals surface area contributed by atoms with Crippen molar-refractivity contribution in [1.82, 2.24) is 19.9 Å². The van der Waals surface area contributed by atoms with Crippen molar-refractivity contribution in [3.05, 3.63) is 64.7 Å². The molecule has 33 heavy (non-hydrogen) atoms. The summed E-state index contributed by atoms with van der Waals surface area (Å²) in [6, 6.07) is 11.3. The van der Waals surface area contributed by atoms with E-state index in [0.717, 1.165) is 11.3 Å². The summed E-state index contributed by atoms with van der Waals surface area (Å²) in [7, 11) is 6.33. The zero-order chi connectivity index (χ0) is 23.4. The van der Waals surface area contributed by atoms with Gasteiger partial charge in [0.2, 0.25) is 17.6 Å². The first kappa shape index (κ1) is 21.9. The first-order valence-electron chi connectivity index (χ1n) is 10.1. The van der Waals surface area contributed by atoms with Gasteiger partial charge in [0, 0.05) is 37.7 Å². The van der Waals surface area contributed by atoms with Crippen molar-refractivity contribution in [2.75, 3.05) is 38.6 Å². The number of aromatic nitrogens is 4. The average Bonchev–Trinajstić information content (AvgIpc) is 2.83. The quantitative estimate of drug-likeness (QED) is 0.419. The zero-order valence-corrected chi connectivity index (χ0v) is 18.7. The SMILES string of the molecule is COc1cc2nc(N(C)Cc3cccc(Nc4ncccn4)c3)[nH]c(=O)c2c(OC)c1OC. The van der Waals surface area contributed by atoms with Crippen LogP contribution in [0.15, 0.2) is 53.6 Å². The lowest BCUT2D eigenvalue weighted by molar-refractivity contribution is 0.327. The van der Waals surface area contributed by atoms with Gasteiger partial charge in [0.25, 0.3) is 5.56 Å². The van der Waals surface area contributed by atoms with Gasteiger partial charge in [-0.15, -0.1) is 0 Å². The molecule has 2 aromatic carbocycles. The van der Waals surface area contributed by atoms with E-state index in [4.69, 9.17) is 14.2 Å². The first-order valence-corrected chi connectivity index (χ1v) is 10.1. The van der Waals surface area contributed by atoms with Gasteiger partial charge in [0.1, 0.15) is 5.39 Å². The fourth-order valence-electron chi connectivity index (χ4n) is 3.53. The Morgan fingerprint density at radius 2 is 1.76 bits per heavy atom. The molecule has 170 valence electrons. The normalized spacial score (nSPS) is 10.7. The lowest BCUT2D eigenvalue weighted by Crippen LogP contribution is -2.23. The predicted octanol–water partition coefficient (Wildman–Crippen LogP) is 3.12. The average molecular weight is 448 g/mol. The molecule has 2 N–H and O–H groups in total. The van der Waals surface area contributed by atoms with Gasteiger partial charge in [-0.2, -0.15) is 0 Å². The number of benzene rings is 2. The molecule has 0 fully saturated rings. The maximum absolute atomic E-state index is 12.9. The molecule has 2 aromatic heterocycles. The van der Waals surface area contributed by atoms with Crippen LogP contribution in [-0.2, 0) is 6.54 Å². The van der Waals surface area contributed by atoms with Crippen LogP contribution in [0.25, 0.3) is 10.9 Å². The highest BCUT2D eigenvalue weighted by Gasteiger charge is 2.20. The topological polar surface area (TPSA) is 114 Å². The minimum atomic E-state index is -0.337. The minimum absolute atomic E-state index is 0.275. The Balaban J connectivity index is 1.64. The highest BCUT2D eigenvalue weighted by Crippen LogP contribution is 2.41. The Bertz CT molecular complexity index is 1330. The Morgan fingerprint density at radius 1 is 1.00 bits per heavy atom. The van der Waals surface area contributed by atoms with Gasteiger partial charge in [-0.3, -0.25) is 9.78 Å². The number of rotatable bonds is 8. The molecular weight excluding hydrogens is 424 g/mol. The molecule has 0 saturated carbocycles. The van der Waals surface area contributed by atoms with Gasteiger partial charge in [-0.1, -0.05) is 12.1 Å². The molecule has 0 aliphatic carbocycles. The van der Waals surface area contributed by atoms with Gasteiger partial charge in [-0.25, -0.2) is 15.0 Å². The van der Waals surface area contributed by atoms with E-state index >= 15 is 0 Å². The number of H-pyrrole nitrogens is 1. The van der Waals surface area contributed by atoms with Crippen LogP contribution in [-0.4, -0.2) is 48.3 Å². The highest BCUT2D eigenvalue weighted by molar-refractivity contribution is 5.90. The van der Waals surface area contributed by atoms with Crippen molar-refractivity contribution >= 4 is 28.5 Å². The zero-order valence-electron chi connectivity index (χ0n) is 18.7. The van der Waals surface area contributed by atoms with Gasteiger partial charge < -0.3 is 24.4 Å². The number of anilines is 3.